The predicted octanol–water partition coefficient (Wildman–Crippen LogP) is 1.60. The van der Waals surface area contributed by atoms with Crippen molar-refractivity contribution in [2.24, 2.45) is 0 Å². The molecule has 0 aliphatic carbocycles. The summed E-state index contributed by atoms with van der Waals surface area (Å²) in [4.78, 5) is 11.5. The number of ether oxygens (including phenoxy) is 3. The summed E-state index contributed by atoms with van der Waals surface area (Å²) in [5.74, 6) is 1.24. The van der Waals surface area contributed by atoms with Crippen molar-refractivity contribution in [1.29, 1.82) is 0 Å². The third-order valence-corrected chi connectivity index (χ3v) is 5.41. The van der Waals surface area contributed by atoms with Crippen LogP contribution in [0.15, 0.2) is 23.4 Å². The lowest BCUT2D eigenvalue weighted by atomic mass is 10.1. The van der Waals surface area contributed by atoms with Gasteiger partial charge >= 0.3 is 0 Å². The Balaban J connectivity index is 1.49. The van der Waals surface area contributed by atoms with E-state index < -0.39 is 6.10 Å². The molecule has 0 amide bonds. The summed E-state index contributed by atoms with van der Waals surface area (Å²) in [7, 11) is 1.51. The number of aliphatic hydroxyl groups is 1. The van der Waals surface area contributed by atoms with E-state index in [2.05, 4.69) is 15.5 Å². The van der Waals surface area contributed by atoms with E-state index in [0.29, 0.717) is 34.5 Å². The van der Waals surface area contributed by atoms with E-state index in [1.165, 1.54) is 25.8 Å². The van der Waals surface area contributed by atoms with Crippen LogP contribution in [0, 0.1) is 0 Å². The molecule has 2 aromatic rings. The zero-order chi connectivity index (χ0) is 19.9. The number of methoxy groups -OCH3 is 1. The smallest absolute Gasteiger partial charge is 0.209 e. The Morgan fingerprint density at radius 3 is 3.04 bits per heavy atom. The van der Waals surface area contributed by atoms with Gasteiger partial charge in [-0.1, -0.05) is 11.8 Å². The van der Waals surface area contributed by atoms with Gasteiger partial charge in [0.05, 0.1) is 25.9 Å². The van der Waals surface area contributed by atoms with E-state index in [1.807, 2.05) is 0 Å². The van der Waals surface area contributed by atoms with Crippen LogP contribution in [0.25, 0.3) is 0 Å². The first-order chi connectivity index (χ1) is 13.6. The van der Waals surface area contributed by atoms with Crippen LogP contribution in [0.1, 0.15) is 30.1 Å². The highest BCUT2D eigenvalue weighted by Gasteiger charge is 2.19. The Bertz CT molecular complexity index is 794. The molecule has 2 heterocycles. The second kappa shape index (κ2) is 9.85. The second-order valence-electron chi connectivity index (χ2n) is 6.48. The van der Waals surface area contributed by atoms with Crippen LogP contribution in [0.3, 0.4) is 0 Å². The predicted molar refractivity (Wildman–Crippen MR) is 102 cm³/mol. The number of tetrazole rings is 1. The first kappa shape index (κ1) is 20.6. The van der Waals surface area contributed by atoms with Gasteiger partial charge in [0.1, 0.15) is 6.61 Å². The number of hydrogen-bond donors (Lipinski definition) is 1. The number of aliphatic hydroxyl groups excluding tert-OH is 1. The average Bonchev–Trinajstić information content (AvgIpc) is 3.36. The fourth-order valence-corrected chi connectivity index (χ4v) is 3.60. The lowest BCUT2D eigenvalue weighted by Gasteiger charge is -2.15. The zero-order valence-electron chi connectivity index (χ0n) is 15.9. The topological polar surface area (TPSA) is 109 Å². The fraction of sp³-hybridized carbons (Fsp3) is 0.556. The number of hydrogen-bond acceptors (Lipinski definition) is 9. The molecule has 0 radical (unpaired) electrons. The number of Topliss-reactive ketones (excluding diaryl/α,β-unsaturated/α-hetero) is 1. The summed E-state index contributed by atoms with van der Waals surface area (Å²) in [5, 5.41) is 22.6. The van der Waals surface area contributed by atoms with Crippen LogP contribution in [-0.2, 0) is 11.3 Å². The van der Waals surface area contributed by atoms with Gasteiger partial charge in [0, 0.05) is 17.9 Å². The summed E-state index contributed by atoms with van der Waals surface area (Å²) in [6.07, 6.45) is 1.48. The molecule has 3 rings (SSSR count). The van der Waals surface area contributed by atoms with Crippen LogP contribution in [0.2, 0.25) is 0 Å². The number of ketones is 1. The number of carbonyl (C=O) groups is 1. The number of nitrogens with zero attached hydrogens (tertiary/aromatic N) is 4. The van der Waals surface area contributed by atoms with Crippen LogP contribution in [0.5, 0.6) is 11.5 Å². The number of rotatable bonds is 10. The molecule has 1 aromatic carbocycles. The third kappa shape index (κ3) is 5.43. The first-order valence-corrected chi connectivity index (χ1v) is 10.1. The van der Waals surface area contributed by atoms with Gasteiger partial charge < -0.3 is 19.3 Å². The van der Waals surface area contributed by atoms with Gasteiger partial charge in [0.2, 0.25) is 5.16 Å². The molecule has 0 bridgehead atoms. The highest BCUT2D eigenvalue weighted by molar-refractivity contribution is 7.99. The van der Waals surface area contributed by atoms with Crippen molar-refractivity contribution in [1.82, 2.24) is 20.2 Å². The highest BCUT2D eigenvalue weighted by Crippen LogP contribution is 2.28. The summed E-state index contributed by atoms with van der Waals surface area (Å²) in [6.45, 7) is 2.96. The lowest BCUT2D eigenvalue weighted by Crippen LogP contribution is -2.21. The molecule has 1 aliphatic heterocycles. The summed E-state index contributed by atoms with van der Waals surface area (Å²) in [6, 6.07) is 4.95. The molecule has 0 saturated carbocycles. The molecule has 1 saturated heterocycles. The maximum absolute atomic E-state index is 11.5. The molecule has 1 aromatic heterocycles. The molecule has 1 N–H and O–H groups in total. The summed E-state index contributed by atoms with van der Waals surface area (Å²) in [5.41, 5.74) is 0.540. The van der Waals surface area contributed by atoms with Gasteiger partial charge in [0.25, 0.3) is 0 Å². The molecule has 0 spiro atoms. The van der Waals surface area contributed by atoms with Gasteiger partial charge in [-0.3, -0.25) is 4.79 Å². The standard InChI is InChI=1S/C18H24N4O5S/c1-12(23)13-5-6-16(17(8-13)25-2)27-10-14(24)11-28-18-19-20-21-22(18)9-15-4-3-7-26-15/h5-6,8,14-15,24H,3-4,7,9-11H2,1-2H3/t14-,15+/m0/s1. The van der Waals surface area contributed by atoms with Crippen LogP contribution < -0.4 is 9.47 Å². The number of aromatic nitrogens is 4. The van der Waals surface area contributed by atoms with E-state index in [-0.39, 0.29) is 18.5 Å². The largest absolute Gasteiger partial charge is 0.493 e. The van der Waals surface area contributed by atoms with Gasteiger partial charge in [-0.2, -0.15) is 0 Å². The molecule has 0 unspecified atom stereocenters. The highest BCUT2D eigenvalue weighted by atomic mass is 32.2. The van der Waals surface area contributed by atoms with Crippen molar-refractivity contribution in [3.8, 4) is 11.5 Å². The Labute approximate surface area is 167 Å². The first-order valence-electron chi connectivity index (χ1n) is 9.07. The van der Waals surface area contributed by atoms with Crippen LogP contribution >= 0.6 is 11.8 Å². The van der Waals surface area contributed by atoms with Crippen molar-refractivity contribution in [2.45, 2.75) is 43.7 Å². The van der Waals surface area contributed by atoms with E-state index in [9.17, 15) is 9.90 Å². The number of carbonyl (C=O) groups excluding carboxylic acids is 1. The number of benzene rings is 1. The lowest BCUT2D eigenvalue weighted by molar-refractivity contribution is 0.0911. The van der Waals surface area contributed by atoms with Gasteiger partial charge in [-0.05, 0) is 48.4 Å². The van der Waals surface area contributed by atoms with Crippen molar-refractivity contribution in [2.75, 3.05) is 26.1 Å². The Morgan fingerprint density at radius 2 is 2.32 bits per heavy atom. The van der Waals surface area contributed by atoms with E-state index in [1.54, 1.807) is 22.9 Å². The Kier molecular flexibility index (Phi) is 7.24. The molecule has 28 heavy (non-hydrogen) atoms. The maximum Gasteiger partial charge on any atom is 0.209 e. The number of thioether (sulfide) groups is 1. The molecule has 2 atom stereocenters. The van der Waals surface area contributed by atoms with Crippen molar-refractivity contribution in [3.05, 3.63) is 23.8 Å². The van der Waals surface area contributed by atoms with Gasteiger partial charge in [-0.15, -0.1) is 5.10 Å². The molecular weight excluding hydrogens is 384 g/mol. The van der Waals surface area contributed by atoms with Crippen molar-refractivity contribution < 1.29 is 24.1 Å². The second-order valence-corrected chi connectivity index (χ2v) is 7.46. The van der Waals surface area contributed by atoms with Gasteiger partial charge in [-0.25, -0.2) is 4.68 Å². The average molecular weight is 408 g/mol. The molecule has 10 heteroatoms. The van der Waals surface area contributed by atoms with Gasteiger partial charge in [0.15, 0.2) is 17.3 Å². The minimum Gasteiger partial charge on any atom is -0.493 e. The molecule has 1 fully saturated rings. The Hall–Kier alpha value is -2.17. The summed E-state index contributed by atoms with van der Waals surface area (Å²) < 4.78 is 18.2. The van der Waals surface area contributed by atoms with E-state index >= 15 is 0 Å². The van der Waals surface area contributed by atoms with Crippen LogP contribution in [-0.4, -0.2) is 69.4 Å². The van der Waals surface area contributed by atoms with E-state index in [4.69, 9.17) is 14.2 Å². The molecular formula is C18H24N4O5S. The molecule has 9 nitrogen and oxygen atoms in total. The van der Waals surface area contributed by atoms with Crippen LogP contribution in [0.4, 0.5) is 0 Å². The minimum absolute atomic E-state index is 0.0537. The minimum atomic E-state index is -0.727. The maximum atomic E-state index is 11.5. The fourth-order valence-electron chi connectivity index (χ4n) is 2.81. The Morgan fingerprint density at radius 1 is 1.46 bits per heavy atom. The quantitative estimate of drug-likeness (QED) is 0.463. The summed E-state index contributed by atoms with van der Waals surface area (Å²) >= 11 is 1.36. The molecule has 1 aliphatic rings. The zero-order valence-corrected chi connectivity index (χ0v) is 16.7. The van der Waals surface area contributed by atoms with E-state index in [0.717, 1.165) is 19.4 Å². The SMILES string of the molecule is COc1cc(C(C)=O)ccc1OC[C@H](O)CSc1nnnn1C[C@H]1CCCO1. The monoisotopic (exact) mass is 408 g/mol. The van der Waals surface area contributed by atoms with Crippen molar-refractivity contribution in [3.63, 3.8) is 0 Å². The third-order valence-electron chi connectivity index (χ3n) is 4.31. The molecule has 152 valence electrons. The normalized spacial score (nSPS) is 17.5. The van der Waals surface area contributed by atoms with Crippen molar-refractivity contribution >= 4 is 17.5 Å².